The molecule has 2 aliphatic heterocycles. The van der Waals surface area contributed by atoms with Gasteiger partial charge in [-0.3, -0.25) is 0 Å². The Morgan fingerprint density at radius 3 is 2.20 bits per heavy atom. The van der Waals surface area contributed by atoms with Crippen molar-refractivity contribution in [2.45, 2.75) is 134 Å². The van der Waals surface area contributed by atoms with Crippen LogP contribution in [0.15, 0.2) is 23.8 Å². The molecule has 12 nitrogen and oxygen atoms in total. The highest BCUT2D eigenvalue weighted by Crippen LogP contribution is 2.62. The van der Waals surface area contributed by atoms with Gasteiger partial charge in [0.2, 0.25) is 0 Å². The summed E-state index contributed by atoms with van der Waals surface area (Å²) in [5.41, 5.74) is 1.34. The number of fused-ring (bicyclic) bond motifs is 1. The first-order valence-corrected chi connectivity index (χ1v) is 15.9. The molecular weight excluding hydrogens is 576 g/mol. The van der Waals surface area contributed by atoms with E-state index in [9.17, 15) is 40.9 Å². The summed E-state index contributed by atoms with van der Waals surface area (Å²) in [6, 6.07) is 0. The molecule has 4 fully saturated rings. The Bertz CT molecular complexity index is 1010. The highest BCUT2D eigenvalue weighted by atomic mass is 16.7. The lowest BCUT2D eigenvalue weighted by atomic mass is 9.46. The molecular formula is C32H54O12. The van der Waals surface area contributed by atoms with Crippen molar-refractivity contribution in [1.29, 1.82) is 0 Å². The summed E-state index contributed by atoms with van der Waals surface area (Å²) in [4.78, 5) is 0. The minimum absolute atomic E-state index is 0.132. The van der Waals surface area contributed by atoms with Crippen molar-refractivity contribution in [1.82, 2.24) is 0 Å². The average Bonchev–Trinajstić information content (AvgIpc) is 2.96. The van der Waals surface area contributed by atoms with Crippen molar-refractivity contribution in [2.75, 3.05) is 19.8 Å². The topological polar surface area (TPSA) is 199 Å². The molecule has 4 rings (SSSR count). The summed E-state index contributed by atoms with van der Waals surface area (Å²) in [5, 5.41) is 81.9. The Morgan fingerprint density at radius 2 is 1.55 bits per heavy atom. The second-order valence-corrected chi connectivity index (χ2v) is 14.1. The minimum atomic E-state index is -1.52. The SMILES string of the molecule is C=C1CC(O)C2C(C)(COC3OC(CO)C(O)C(O)C3O)CCCC2(C)C1CCC(C)=CCOC1OC(C)C(O)C(O)C1O. The van der Waals surface area contributed by atoms with Crippen LogP contribution >= 0.6 is 0 Å². The first kappa shape index (κ1) is 35.8. The Morgan fingerprint density at radius 1 is 0.909 bits per heavy atom. The van der Waals surface area contributed by atoms with E-state index in [0.29, 0.717) is 6.42 Å². The molecule has 12 heteroatoms. The molecule has 0 spiro atoms. The summed E-state index contributed by atoms with van der Waals surface area (Å²) in [6.07, 6.45) is -6.42. The molecule has 2 aliphatic carbocycles. The van der Waals surface area contributed by atoms with E-state index in [2.05, 4.69) is 20.4 Å². The van der Waals surface area contributed by atoms with Crippen LogP contribution in [0.5, 0.6) is 0 Å². The van der Waals surface area contributed by atoms with Gasteiger partial charge < -0.3 is 59.8 Å². The number of aliphatic hydroxyl groups excluding tert-OH is 8. The maximum Gasteiger partial charge on any atom is 0.186 e. The van der Waals surface area contributed by atoms with E-state index >= 15 is 0 Å². The zero-order valence-corrected chi connectivity index (χ0v) is 26.4. The number of ether oxygens (including phenoxy) is 4. The summed E-state index contributed by atoms with van der Waals surface area (Å²) in [5.74, 6) is -0.00139. The van der Waals surface area contributed by atoms with E-state index in [1.165, 1.54) is 0 Å². The average molecular weight is 631 g/mol. The van der Waals surface area contributed by atoms with E-state index in [4.69, 9.17) is 18.9 Å². The van der Waals surface area contributed by atoms with Gasteiger partial charge in [0.25, 0.3) is 0 Å². The molecule has 254 valence electrons. The fourth-order valence-corrected chi connectivity index (χ4v) is 8.35. The van der Waals surface area contributed by atoms with Gasteiger partial charge in [-0.05, 0) is 68.6 Å². The third-order valence-corrected chi connectivity index (χ3v) is 10.8. The van der Waals surface area contributed by atoms with Crippen LogP contribution < -0.4 is 0 Å². The van der Waals surface area contributed by atoms with E-state index < -0.39 is 79.5 Å². The fourth-order valence-electron chi connectivity index (χ4n) is 8.35. The van der Waals surface area contributed by atoms with E-state index in [-0.39, 0.29) is 30.5 Å². The van der Waals surface area contributed by atoms with Crippen LogP contribution in [-0.2, 0) is 18.9 Å². The normalized spacial score (nSPS) is 48.7. The van der Waals surface area contributed by atoms with E-state index in [0.717, 1.165) is 43.3 Å². The summed E-state index contributed by atoms with van der Waals surface area (Å²) < 4.78 is 22.8. The van der Waals surface area contributed by atoms with Gasteiger partial charge in [0.15, 0.2) is 12.6 Å². The lowest BCUT2D eigenvalue weighted by Crippen LogP contribution is -2.61. The van der Waals surface area contributed by atoms with E-state index in [1.807, 2.05) is 13.0 Å². The molecule has 15 unspecified atom stereocenters. The Hall–Kier alpha value is -1.00. The molecule has 2 saturated carbocycles. The number of allylic oxidation sites excluding steroid dienone is 1. The predicted octanol–water partition coefficient (Wildman–Crippen LogP) is 0.123. The first-order chi connectivity index (χ1) is 20.6. The Kier molecular flexibility index (Phi) is 11.7. The van der Waals surface area contributed by atoms with Crippen molar-refractivity contribution in [3.8, 4) is 0 Å². The number of rotatable bonds is 10. The summed E-state index contributed by atoms with van der Waals surface area (Å²) in [7, 11) is 0. The molecule has 0 aromatic heterocycles. The Balaban J connectivity index is 1.39. The van der Waals surface area contributed by atoms with Crippen LogP contribution in [0.25, 0.3) is 0 Å². The van der Waals surface area contributed by atoms with Gasteiger partial charge in [0.1, 0.15) is 42.7 Å². The molecule has 0 radical (unpaired) electrons. The van der Waals surface area contributed by atoms with Crippen LogP contribution in [0.2, 0.25) is 0 Å². The molecule has 2 heterocycles. The smallest absolute Gasteiger partial charge is 0.186 e. The van der Waals surface area contributed by atoms with Crippen LogP contribution in [0.3, 0.4) is 0 Å². The van der Waals surface area contributed by atoms with Gasteiger partial charge in [-0.1, -0.05) is 44.1 Å². The minimum Gasteiger partial charge on any atom is -0.394 e. The van der Waals surface area contributed by atoms with E-state index in [1.54, 1.807) is 6.92 Å². The maximum atomic E-state index is 11.4. The monoisotopic (exact) mass is 630 g/mol. The second-order valence-electron chi connectivity index (χ2n) is 14.1. The van der Waals surface area contributed by atoms with Gasteiger partial charge in [0, 0.05) is 0 Å². The lowest BCUT2D eigenvalue weighted by Gasteiger charge is -2.60. The van der Waals surface area contributed by atoms with Crippen LogP contribution in [0.4, 0.5) is 0 Å². The standard InChI is InChI=1S/C32H54O12/c1-16(9-12-41-29-26(39)24(37)22(35)18(3)43-29)7-8-19-17(2)13-20(34)28-31(4,10-6-11-32(19,28)5)15-42-30-27(40)25(38)23(36)21(14-33)44-30/h9,18-30,33-40H,2,6-8,10-15H2,1,3-5H3. The predicted molar refractivity (Wildman–Crippen MR) is 158 cm³/mol. The molecule has 0 bridgehead atoms. The molecule has 44 heavy (non-hydrogen) atoms. The van der Waals surface area contributed by atoms with Gasteiger partial charge in [-0.15, -0.1) is 0 Å². The van der Waals surface area contributed by atoms with Crippen LogP contribution in [0, 0.1) is 22.7 Å². The fraction of sp³-hybridized carbons (Fsp3) is 0.875. The lowest BCUT2D eigenvalue weighted by molar-refractivity contribution is -0.310. The molecule has 0 aromatic rings. The van der Waals surface area contributed by atoms with Crippen molar-refractivity contribution in [2.24, 2.45) is 22.7 Å². The number of aliphatic hydroxyl groups is 8. The first-order valence-electron chi connectivity index (χ1n) is 15.9. The maximum absolute atomic E-state index is 11.4. The quantitative estimate of drug-likeness (QED) is 0.152. The van der Waals surface area contributed by atoms with Gasteiger partial charge in [-0.2, -0.15) is 0 Å². The highest BCUT2D eigenvalue weighted by Gasteiger charge is 2.58. The molecule has 8 N–H and O–H groups in total. The molecule has 4 aliphatic rings. The second kappa shape index (κ2) is 14.4. The third kappa shape index (κ3) is 7.12. The van der Waals surface area contributed by atoms with Crippen molar-refractivity contribution in [3.05, 3.63) is 23.8 Å². The van der Waals surface area contributed by atoms with Crippen molar-refractivity contribution >= 4 is 0 Å². The van der Waals surface area contributed by atoms with Crippen LogP contribution in [-0.4, -0.2) is 128 Å². The molecule has 15 atom stereocenters. The molecule has 0 aromatic carbocycles. The van der Waals surface area contributed by atoms with Crippen molar-refractivity contribution in [3.63, 3.8) is 0 Å². The van der Waals surface area contributed by atoms with Gasteiger partial charge in [-0.25, -0.2) is 0 Å². The zero-order chi connectivity index (χ0) is 32.6. The van der Waals surface area contributed by atoms with Crippen LogP contribution in [0.1, 0.15) is 66.2 Å². The molecule has 0 amide bonds. The molecule has 2 saturated heterocycles. The number of hydrogen-bond donors (Lipinski definition) is 8. The van der Waals surface area contributed by atoms with Crippen molar-refractivity contribution < 1.29 is 59.8 Å². The largest absolute Gasteiger partial charge is 0.394 e. The third-order valence-electron chi connectivity index (χ3n) is 10.8. The summed E-state index contributed by atoms with van der Waals surface area (Å²) in [6.45, 7) is 12.1. The highest BCUT2D eigenvalue weighted by molar-refractivity contribution is 5.19. The Labute approximate surface area is 259 Å². The van der Waals surface area contributed by atoms with Gasteiger partial charge >= 0.3 is 0 Å². The van der Waals surface area contributed by atoms with Gasteiger partial charge in [0.05, 0.1) is 32.0 Å². The summed E-state index contributed by atoms with van der Waals surface area (Å²) >= 11 is 0. The number of hydrogen-bond acceptors (Lipinski definition) is 12. The zero-order valence-electron chi connectivity index (χ0n) is 26.4.